The third kappa shape index (κ3) is 4.82. The standard InChI is InChI=1S/C13H22N4O2/c1-4-11-14-8-10(9-15-11)16-12(19)17-13(3,5-2)6-7-18/h8-9,18H,4-7H2,1-3H3,(H2,16,17,19). The quantitative estimate of drug-likeness (QED) is 0.731. The number of carbonyl (C=O) groups excluding carboxylic acids is 1. The minimum absolute atomic E-state index is 0.0406. The van der Waals surface area contributed by atoms with Crippen LogP contribution in [-0.4, -0.2) is 33.3 Å². The second-order valence-electron chi connectivity index (χ2n) is 4.71. The third-order valence-electron chi connectivity index (χ3n) is 3.14. The fourth-order valence-electron chi connectivity index (χ4n) is 1.61. The summed E-state index contributed by atoms with van der Waals surface area (Å²) in [7, 11) is 0. The SMILES string of the molecule is CCc1ncc(NC(=O)NC(C)(CC)CCO)cn1. The molecule has 0 aromatic carbocycles. The summed E-state index contributed by atoms with van der Waals surface area (Å²) >= 11 is 0. The molecular weight excluding hydrogens is 244 g/mol. The molecule has 3 N–H and O–H groups in total. The van der Waals surface area contributed by atoms with Gasteiger partial charge in [0, 0.05) is 18.6 Å². The third-order valence-corrected chi connectivity index (χ3v) is 3.14. The molecule has 0 aliphatic heterocycles. The average molecular weight is 266 g/mol. The second-order valence-corrected chi connectivity index (χ2v) is 4.71. The van der Waals surface area contributed by atoms with Crippen LogP contribution in [0.1, 0.15) is 39.4 Å². The lowest BCUT2D eigenvalue weighted by molar-refractivity contribution is 0.208. The van der Waals surface area contributed by atoms with Gasteiger partial charge in [0.25, 0.3) is 0 Å². The monoisotopic (exact) mass is 266 g/mol. The van der Waals surface area contributed by atoms with E-state index in [0.29, 0.717) is 12.1 Å². The van der Waals surface area contributed by atoms with Crippen molar-refractivity contribution in [3.8, 4) is 0 Å². The first-order chi connectivity index (χ1) is 9.03. The van der Waals surface area contributed by atoms with Crippen LogP contribution in [0.4, 0.5) is 10.5 Å². The van der Waals surface area contributed by atoms with Gasteiger partial charge in [-0.05, 0) is 19.8 Å². The van der Waals surface area contributed by atoms with Crippen molar-refractivity contribution < 1.29 is 9.90 Å². The number of aliphatic hydroxyl groups excluding tert-OH is 1. The van der Waals surface area contributed by atoms with E-state index < -0.39 is 5.54 Å². The maximum Gasteiger partial charge on any atom is 0.319 e. The lowest BCUT2D eigenvalue weighted by Crippen LogP contribution is -2.48. The number of nitrogens with zero attached hydrogens (tertiary/aromatic N) is 2. The molecule has 1 unspecified atom stereocenters. The van der Waals surface area contributed by atoms with Crippen LogP contribution >= 0.6 is 0 Å². The van der Waals surface area contributed by atoms with E-state index in [-0.39, 0.29) is 12.6 Å². The van der Waals surface area contributed by atoms with Gasteiger partial charge in [-0.25, -0.2) is 14.8 Å². The van der Waals surface area contributed by atoms with Gasteiger partial charge in [-0.15, -0.1) is 0 Å². The van der Waals surface area contributed by atoms with E-state index in [0.717, 1.165) is 18.7 Å². The zero-order valence-corrected chi connectivity index (χ0v) is 11.7. The summed E-state index contributed by atoms with van der Waals surface area (Å²) in [5.74, 6) is 0.740. The molecule has 0 aliphatic carbocycles. The lowest BCUT2D eigenvalue weighted by Gasteiger charge is -2.28. The van der Waals surface area contributed by atoms with Crippen LogP contribution in [0.3, 0.4) is 0 Å². The molecular formula is C13H22N4O2. The zero-order valence-electron chi connectivity index (χ0n) is 11.7. The Labute approximate surface area is 113 Å². The van der Waals surface area contributed by atoms with Crippen LogP contribution < -0.4 is 10.6 Å². The summed E-state index contributed by atoms with van der Waals surface area (Å²) < 4.78 is 0. The Kier molecular flexibility index (Phi) is 5.69. The fraction of sp³-hybridized carbons (Fsp3) is 0.615. The van der Waals surface area contributed by atoms with E-state index in [1.807, 2.05) is 20.8 Å². The van der Waals surface area contributed by atoms with E-state index in [9.17, 15) is 4.79 Å². The Morgan fingerprint density at radius 2 is 2.00 bits per heavy atom. The summed E-state index contributed by atoms with van der Waals surface area (Å²) in [6, 6.07) is -0.314. The molecule has 6 nitrogen and oxygen atoms in total. The minimum Gasteiger partial charge on any atom is -0.396 e. The Morgan fingerprint density at radius 1 is 1.37 bits per heavy atom. The zero-order chi connectivity index (χ0) is 14.3. The van der Waals surface area contributed by atoms with Gasteiger partial charge in [-0.3, -0.25) is 0 Å². The number of amides is 2. The molecule has 0 radical (unpaired) electrons. The summed E-state index contributed by atoms with van der Waals surface area (Å²) in [5.41, 5.74) is 0.139. The van der Waals surface area contributed by atoms with Crippen LogP contribution in [0.5, 0.6) is 0 Å². The van der Waals surface area contributed by atoms with Crippen molar-refractivity contribution in [2.24, 2.45) is 0 Å². The van der Waals surface area contributed by atoms with E-state index in [1.54, 1.807) is 12.4 Å². The molecule has 0 fully saturated rings. The predicted molar refractivity (Wildman–Crippen MR) is 74.0 cm³/mol. The molecule has 0 aliphatic rings. The van der Waals surface area contributed by atoms with Crippen molar-refractivity contribution >= 4 is 11.7 Å². The summed E-state index contributed by atoms with van der Waals surface area (Å²) in [4.78, 5) is 20.1. The minimum atomic E-state index is -0.414. The molecule has 1 rings (SSSR count). The van der Waals surface area contributed by atoms with Gasteiger partial charge >= 0.3 is 6.03 Å². The first-order valence-corrected chi connectivity index (χ1v) is 6.54. The van der Waals surface area contributed by atoms with E-state index in [1.165, 1.54) is 0 Å². The number of aliphatic hydroxyl groups is 1. The molecule has 2 amide bonds. The smallest absolute Gasteiger partial charge is 0.319 e. The van der Waals surface area contributed by atoms with Crippen molar-refractivity contribution in [2.75, 3.05) is 11.9 Å². The van der Waals surface area contributed by atoms with Crippen LogP contribution in [0.15, 0.2) is 12.4 Å². The maximum absolute atomic E-state index is 11.9. The van der Waals surface area contributed by atoms with Crippen molar-refractivity contribution in [3.63, 3.8) is 0 Å². The highest BCUT2D eigenvalue weighted by atomic mass is 16.3. The van der Waals surface area contributed by atoms with E-state index in [2.05, 4.69) is 20.6 Å². The highest BCUT2D eigenvalue weighted by Gasteiger charge is 2.23. The van der Waals surface area contributed by atoms with Gasteiger partial charge in [0.05, 0.1) is 18.1 Å². The molecule has 0 saturated carbocycles. The molecule has 19 heavy (non-hydrogen) atoms. The average Bonchev–Trinajstić information content (AvgIpc) is 2.39. The van der Waals surface area contributed by atoms with Gasteiger partial charge in [-0.2, -0.15) is 0 Å². The fourth-order valence-corrected chi connectivity index (χ4v) is 1.61. The first-order valence-electron chi connectivity index (χ1n) is 6.54. The molecule has 1 heterocycles. The number of aryl methyl sites for hydroxylation is 1. The molecule has 1 aromatic rings. The summed E-state index contributed by atoms with van der Waals surface area (Å²) in [6.45, 7) is 5.88. The molecule has 1 atom stereocenters. The molecule has 0 spiro atoms. The number of hydrogen-bond acceptors (Lipinski definition) is 4. The number of rotatable bonds is 6. The Bertz CT molecular complexity index is 408. The van der Waals surface area contributed by atoms with Crippen molar-refractivity contribution in [2.45, 2.75) is 45.6 Å². The molecule has 6 heteroatoms. The summed E-state index contributed by atoms with van der Waals surface area (Å²) in [5, 5.41) is 14.5. The van der Waals surface area contributed by atoms with Gasteiger partial charge in [-0.1, -0.05) is 13.8 Å². The normalized spacial score (nSPS) is 13.7. The summed E-state index contributed by atoms with van der Waals surface area (Å²) in [6.07, 6.45) is 5.19. The van der Waals surface area contributed by atoms with Crippen molar-refractivity contribution in [3.05, 3.63) is 18.2 Å². The van der Waals surface area contributed by atoms with Crippen LogP contribution in [0, 0.1) is 0 Å². The van der Waals surface area contributed by atoms with Crippen molar-refractivity contribution in [1.29, 1.82) is 0 Å². The first kappa shape index (κ1) is 15.4. The highest BCUT2D eigenvalue weighted by Crippen LogP contribution is 2.14. The Hall–Kier alpha value is -1.69. The van der Waals surface area contributed by atoms with Crippen molar-refractivity contribution in [1.82, 2.24) is 15.3 Å². The number of carbonyl (C=O) groups is 1. The molecule has 0 bridgehead atoms. The largest absolute Gasteiger partial charge is 0.396 e. The van der Waals surface area contributed by atoms with Gasteiger partial charge < -0.3 is 15.7 Å². The number of nitrogens with one attached hydrogen (secondary N) is 2. The van der Waals surface area contributed by atoms with Crippen LogP contribution in [0.2, 0.25) is 0 Å². The van der Waals surface area contributed by atoms with Crippen LogP contribution in [-0.2, 0) is 6.42 Å². The number of aromatic nitrogens is 2. The van der Waals surface area contributed by atoms with Gasteiger partial charge in [0.1, 0.15) is 5.82 Å². The lowest BCUT2D eigenvalue weighted by atomic mass is 9.95. The number of hydrogen-bond donors (Lipinski definition) is 3. The maximum atomic E-state index is 11.9. The predicted octanol–water partition coefficient (Wildman–Crippen LogP) is 1.71. The van der Waals surface area contributed by atoms with Gasteiger partial charge in [0.2, 0.25) is 0 Å². The number of anilines is 1. The second kappa shape index (κ2) is 7.04. The molecule has 106 valence electrons. The molecule has 1 aromatic heterocycles. The Balaban J connectivity index is 2.58. The van der Waals surface area contributed by atoms with Crippen LogP contribution in [0.25, 0.3) is 0 Å². The van der Waals surface area contributed by atoms with E-state index in [4.69, 9.17) is 5.11 Å². The molecule has 0 saturated heterocycles. The topological polar surface area (TPSA) is 87.1 Å². The van der Waals surface area contributed by atoms with Gasteiger partial charge in [0.15, 0.2) is 0 Å². The number of urea groups is 1. The van der Waals surface area contributed by atoms with E-state index >= 15 is 0 Å². The highest BCUT2D eigenvalue weighted by molar-refractivity contribution is 5.89. The Morgan fingerprint density at radius 3 is 2.47 bits per heavy atom.